The summed E-state index contributed by atoms with van der Waals surface area (Å²) < 4.78 is 11.2. The van der Waals surface area contributed by atoms with Gasteiger partial charge < -0.3 is 14.4 Å². The fourth-order valence-electron chi connectivity index (χ4n) is 1.71. The molecule has 98 valence electrons. The van der Waals surface area contributed by atoms with Crippen LogP contribution in [-0.2, 0) is 9.47 Å². The Kier molecular flexibility index (Phi) is 7.98. The lowest BCUT2D eigenvalue weighted by Gasteiger charge is -2.31. The number of rotatable bonds is 8. The number of ether oxygens (including phenoxy) is 2. The average Bonchev–Trinajstić information content (AvgIpc) is 2.20. The van der Waals surface area contributed by atoms with Crippen LogP contribution in [0.15, 0.2) is 0 Å². The number of nitrogens with zero attached hydrogens (tertiary/aromatic N) is 1. The van der Waals surface area contributed by atoms with Crippen molar-refractivity contribution in [3.8, 4) is 0 Å². The van der Waals surface area contributed by atoms with Crippen LogP contribution in [0.5, 0.6) is 0 Å². The summed E-state index contributed by atoms with van der Waals surface area (Å²) in [5.74, 6) is 0. The monoisotopic (exact) mass is 231 g/mol. The molecule has 0 aliphatic rings. The zero-order valence-corrected chi connectivity index (χ0v) is 11.9. The van der Waals surface area contributed by atoms with Gasteiger partial charge in [-0.25, -0.2) is 0 Å². The third-order valence-electron chi connectivity index (χ3n) is 2.52. The first-order valence-electron chi connectivity index (χ1n) is 6.32. The van der Waals surface area contributed by atoms with Crippen LogP contribution in [0.2, 0.25) is 0 Å². The van der Waals surface area contributed by atoms with Gasteiger partial charge in [0.2, 0.25) is 0 Å². The van der Waals surface area contributed by atoms with Crippen LogP contribution in [0.3, 0.4) is 0 Å². The summed E-state index contributed by atoms with van der Waals surface area (Å²) in [6, 6.07) is 0. The number of hydrogen-bond acceptors (Lipinski definition) is 3. The molecule has 0 amide bonds. The van der Waals surface area contributed by atoms with Gasteiger partial charge >= 0.3 is 0 Å². The average molecular weight is 231 g/mol. The Hall–Kier alpha value is -0.120. The maximum atomic E-state index is 6.05. The second-order valence-electron chi connectivity index (χ2n) is 5.12. The second kappa shape index (κ2) is 8.04. The Bertz CT molecular complexity index is 162. The number of likely N-dealkylation sites (N-methyl/N-ethyl adjacent to an activating group) is 1. The molecule has 0 fully saturated rings. The van der Waals surface area contributed by atoms with Gasteiger partial charge in [0.05, 0.1) is 11.7 Å². The van der Waals surface area contributed by atoms with E-state index in [4.69, 9.17) is 9.47 Å². The minimum absolute atomic E-state index is 0.0778. The van der Waals surface area contributed by atoms with Gasteiger partial charge in [-0.15, -0.1) is 0 Å². The maximum absolute atomic E-state index is 6.05. The van der Waals surface area contributed by atoms with E-state index in [9.17, 15) is 0 Å². The van der Waals surface area contributed by atoms with Crippen molar-refractivity contribution in [1.82, 2.24) is 4.90 Å². The van der Waals surface area contributed by atoms with E-state index in [0.717, 1.165) is 32.7 Å². The molecule has 0 bridgehead atoms. The first kappa shape index (κ1) is 15.9. The topological polar surface area (TPSA) is 21.7 Å². The first-order chi connectivity index (χ1) is 7.42. The SMILES string of the molecule is CCN(CC)CC(CCOC)OC(C)(C)C. The molecule has 0 aliphatic heterocycles. The van der Waals surface area contributed by atoms with Crippen molar-refractivity contribution in [2.24, 2.45) is 0 Å². The van der Waals surface area contributed by atoms with Gasteiger partial charge in [0.25, 0.3) is 0 Å². The van der Waals surface area contributed by atoms with Crippen molar-refractivity contribution in [1.29, 1.82) is 0 Å². The van der Waals surface area contributed by atoms with Crippen molar-refractivity contribution >= 4 is 0 Å². The Balaban J connectivity index is 4.18. The molecular weight excluding hydrogens is 202 g/mol. The summed E-state index contributed by atoms with van der Waals surface area (Å²) in [6.07, 6.45) is 1.23. The first-order valence-corrected chi connectivity index (χ1v) is 6.32. The molecule has 0 aromatic heterocycles. The van der Waals surface area contributed by atoms with Gasteiger partial charge in [0.15, 0.2) is 0 Å². The zero-order valence-electron chi connectivity index (χ0n) is 11.9. The van der Waals surface area contributed by atoms with Crippen molar-refractivity contribution in [2.45, 2.75) is 52.7 Å². The third kappa shape index (κ3) is 8.08. The fraction of sp³-hybridized carbons (Fsp3) is 1.00. The van der Waals surface area contributed by atoms with E-state index in [1.54, 1.807) is 7.11 Å². The molecule has 1 atom stereocenters. The highest BCUT2D eigenvalue weighted by molar-refractivity contribution is 4.70. The summed E-state index contributed by atoms with van der Waals surface area (Å²) in [4.78, 5) is 2.39. The number of methoxy groups -OCH3 is 1. The predicted molar refractivity (Wildman–Crippen MR) is 68.9 cm³/mol. The maximum Gasteiger partial charge on any atom is 0.0731 e. The molecule has 0 spiro atoms. The molecule has 1 unspecified atom stereocenters. The smallest absolute Gasteiger partial charge is 0.0731 e. The molecule has 0 saturated heterocycles. The Labute approximate surface area is 101 Å². The Morgan fingerprint density at radius 2 is 1.69 bits per heavy atom. The molecule has 0 aromatic rings. The standard InChI is InChI=1S/C13H29NO2/c1-7-14(8-2)11-12(9-10-15-6)16-13(3,4)5/h12H,7-11H2,1-6H3. The lowest BCUT2D eigenvalue weighted by molar-refractivity contribution is -0.0799. The van der Waals surface area contributed by atoms with Crippen LogP contribution in [-0.4, -0.2) is 50.0 Å². The minimum Gasteiger partial charge on any atom is -0.385 e. The van der Waals surface area contributed by atoms with Crippen LogP contribution < -0.4 is 0 Å². The molecule has 0 aromatic carbocycles. The lowest BCUT2D eigenvalue weighted by atomic mass is 10.1. The molecule has 3 heteroatoms. The van der Waals surface area contributed by atoms with Crippen molar-refractivity contribution in [2.75, 3.05) is 33.4 Å². The van der Waals surface area contributed by atoms with Gasteiger partial charge in [0, 0.05) is 20.3 Å². The van der Waals surface area contributed by atoms with Crippen LogP contribution >= 0.6 is 0 Å². The normalized spacial score (nSPS) is 14.4. The quantitative estimate of drug-likeness (QED) is 0.641. The lowest BCUT2D eigenvalue weighted by Crippen LogP contribution is -2.38. The van der Waals surface area contributed by atoms with E-state index < -0.39 is 0 Å². The zero-order chi connectivity index (χ0) is 12.6. The van der Waals surface area contributed by atoms with E-state index in [2.05, 4.69) is 39.5 Å². The highest BCUT2D eigenvalue weighted by Crippen LogP contribution is 2.14. The summed E-state index contributed by atoms with van der Waals surface area (Å²) >= 11 is 0. The molecular formula is C13H29NO2. The van der Waals surface area contributed by atoms with Crippen LogP contribution in [0.4, 0.5) is 0 Å². The fourth-order valence-corrected chi connectivity index (χ4v) is 1.71. The van der Waals surface area contributed by atoms with Gasteiger partial charge in [0.1, 0.15) is 0 Å². The summed E-state index contributed by atoms with van der Waals surface area (Å²) in [7, 11) is 1.74. The Morgan fingerprint density at radius 1 is 1.12 bits per heavy atom. The Morgan fingerprint density at radius 3 is 2.06 bits per heavy atom. The number of hydrogen-bond donors (Lipinski definition) is 0. The molecule has 0 saturated carbocycles. The highest BCUT2D eigenvalue weighted by atomic mass is 16.5. The predicted octanol–water partition coefficient (Wildman–Crippen LogP) is 2.55. The van der Waals surface area contributed by atoms with E-state index in [0.29, 0.717) is 0 Å². The van der Waals surface area contributed by atoms with Crippen molar-refractivity contribution < 1.29 is 9.47 Å². The largest absolute Gasteiger partial charge is 0.385 e. The van der Waals surface area contributed by atoms with Gasteiger partial charge in [-0.1, -0.05) is 13.8 Å². The van der Waals surface area contributed by atoms with E-state index >= 15 is 0 Å². The van der Waals surface area contributed by atoms with E-state index in [1.165, 1.54) is 0 Å². The van der Waals surface area contributed by atoms with Crippen molar-refractivity contribution in [3.63, 3.8) is 0 Å². The highest BCUT2D eigenvalue weighted by Gasteiger charge is 2.20. The van der Waals surface area contributed by atoms with E-state index in [-0.39, 0.29) is 11.7 Å². The molecule has 0 N–H and O–H groups in total. The summed E-state index contributed by atoms with van der Waals surface area (Å²) in [5, 5.41) is 0. The molecule has 0 rings (SSSR count). The van der Waals surface area contributed by atoms with E-state index in [1.807, 2.05) is 0 Å². The van der Waals surface area contributed by atoms with Gasteiger partial charge in [-0.2, -0.15) is 0 Å². The summed E-state index contributed by atoms with van der Waals surface area (Å²) in [6.45, 7) is 14.6. The van der Waals surface area contributed by atoms with Crippen LogP contribution in [0, 0.1) is 0 Å². The molecule has 0 aliphatic carbocycles. The second-order valence-corrected chi connectivity index (χ2v) is 5.12. The van der Waals surface area contributed by atoms with Crippen LogP contribution in [0.25, 0.3) is 0 Å². The molecule has 0 heterocycles. The van der Waals surface area contributed by atoms with Gasteiger partial charge in [-0.3, -0.25) is 0 Å². The van der Waals surface area contributed by atoms with Gasteiger partial charge in [-0.05, 0) is 40.3 Å². The molecule has 3 nitrogen and oxygen atoms in total. The molecule has 0 radical (unpaired) electrons. The summed E-state index contributed by atoms with van der Waals surface area (Å²) in [5.41, 5.74) is -0.0778. The van der Waals surface area contributed by atoms with Crippen molar-refractivity contribution in [3.05, 3.63) is 0 Å². The third-order valence-corrected chi connectivity index (χ3v) is 2.52. The van der Waals surface area contributed by atoms with Crippen LogP contribution in [0.1, 0.15) is 41.0 Å². The minimum atomic E-state index is -0.0778. The molecule has 16 heavy (non-hydrogen) atoms.